The van der Waals surface area contributed by atoms with Crippen LogP contribution < -0.4 is 5.32 Å². The maximum absolute atomic E-state index is 11.1. The molecule has 1 aliphatic heterocycles. The van der Waals surface area contributed by atoms with Crippen molar-refractivity contribution >= 4 is 23.3 Å². The number of hydrogen-bond donors (Lipinski definition) is 2. The van der Waals surface area contributed by atoms with Crippen molar-refractivity contribution in [3.05, 3.63) is 77.8 Å². The molecule has 6 nitrogen and oxygen atoms in total. The van der Waals surface area contributed by atoms with E-state index in [1.54, 1.807) is 30.5 Å². The van der Waals surface area contributed by atoms with Crippen molar-refractivity contribution < 1.29 is 14.3 Å². The largest absolute Gasteiger partial charge is 0.478 e. The van der Waals surface area contributed by atoms with E-state index in [-0.39, 0.29) is 17.6 Å². The molecule has 0 bridgehead atoms. The van der Waals surface area contributed by atoms with Gasteiger partial charge in [-0.05, 0) is 55.0 Å². The first-order valence-electron chi connectivity index (χ1n) is 10.00. The predicted octanol–water partition coefficient (Wildman–Crippen LogP) is 4.81. The van der Waals surface area contributed by atoms with Gasteiger partial charge in [-0.1, -0.05) is 31.5 Å². The number of furan rings is 1. The van der Waals surface area contributed by atoms with E-state index in [9.17, 15) is 4.79 Å². The summed E-state index contributed by atoms with van der Waals surface area (Å²) in [4.78, 5) is 17.8. The van der Waals surface area contributed by atoms with Gasteiger partial charge in [-0.25, -0.2) is 4.79 Å². The number of aromatic carboxylic acids is 1. The molecular formula is C23H23N3O3S. The monoisotopic (exact) mass is 421 g/mol. The van der Waals surface area contributed by atoms with Crippen LogP contribution in [0.3, 0.4) is 0 Å². The molecule has 0 amide bonds. The van der Waals surface area contributed by atoms with Gasteiger partial charge in [-0.15, -0.1) is 0 Å². The summed E-state index contributed by atoms with van der Waals surface area (Å²) in [7, 11) is 0. The molecule has 0 aliphatic carbocycles. The third-order valence-corrected chi connectivity index (χ3v) is 5.64. The van der Waals surface area contributed by atoms with E-state index in [2.05, 4.69) is 22.1 Å². The van der Waals surface area contributed by atoms with E-state index in [1.165, 1.54) is 0 Å². The summed E-state index contributed by atoms with van der Waals surface area (Å²) in [6.45, 7) is 2.99. The SMILES string of the molecule is CCCCN1C(=S)N[C@H](c2ccccn2)[C@H]1c1ccc(-c2ccc(C(=O)O)cc2)o1. The third-order valence-electron chi connectivity index (χ3n) is 5.28. The van der Waals surface area contributed by atoms with Crippen LogP contribution in [0.25, 0.3) is 11.3 Å². The van der Waals surface area contributed by atoms with Crippen molar-refractivity contribution in [2.45, 2.75) is 31.8 Å². The van der Waals surface area contributed by atoms with E-state index in [1.807, 2.05) is 30.3 Å². The lowest BCUT2D eigenvalue weighted by atomic mass is 10.0. The summed E-state index contributed by atoms with van der Waals surface area (Å²) in [5.74, 6) is 0.540. The Balaban J connectivity index is 1.67. The number of rotatable bonds is 7. The molecule has 0 radical (unpaired) electrons. The highest BCUT2D eigenvalue weighted by Crippen LogP contribution is 2.40. The lowest BCUT2D eigenvalue weighted by molar-refractivity contribution is 0.0697. The van der Waals surface area contributed by atoms with Crippen LogP contribution in [0.1, 0.15) is 53.7 Å². The molecule has 1 saturated heterocycles. The van der Waals surface area contributed by atoms with Crippen molar-refractivity contribution in [2.75, 3.05) is 6.54 Å². The number of carbonyl (C=O) groups is 1. The number of pyridine rings is 1. The molecule has 0 unspecified atom stereocenters. The number of hydrogen-bond acceptors (Lipinski definition) is 4. The zero-order valence-corrected chi connectivity index (χ0v) is 17.4. The van der Waals surface area contributed by atoms with Crippen molar-refractivity contribution in [3.63, 3.8) is 0 Å². The number of nitrogens with zero attached hydrogens (tertiary/aromatic N) is 2. The number of carboxylic acid groups (broad SMARTS) is 1. The first-order valence-corrected chi connectivity index (χ1v) is 10.4. The zero-order valence-electron chi connectivity index (χ0n) is 16.6. The average Bonchev–Trinajstić information content (AvgIpc) is 3.37. The maximum Gasteiger partial charge on any atom is 0.335 e. The second-order valence-electron chi connectivity index (χ2n) is 7.26. The molecule has 2 N–H and O–H groups in total. The Morgan fingerprint density at radius 3 is 2.67 bits per heavy atom. The van der Waals surface area contributed by atoms with Gasteiger partial charge in [-0.2, -0.15) is 0 Å². The number of benzene rings is 1. The summed E-state index contributed by atoms with van der Waals surface area (Å²) in [6.07, 6.45) is 3.88. The summed E-state index contributed by atoms with van der Waals surface area (Å²) in [6, 6.07) is 16.2. The number of nitrogens with one attached hydrogen (secondary N) is 1. The second kappa shape index (κ2) is 8.67. The smallest absolute Gasteiger partial charge is 0.335 e. The molecule has 7 heteroatoms. The highest BCUT2D eigenvalue weighted by atomic mass is 32.1. The first kappa shape index (κ1) is 20.1. The summed E-state index contributed by atoms with van der Waals surface area (Å²) in [5.41, 5.74) is 1.98. The van der Waals surface area contributed by atoms with Gasteiger partial charge in [0.2, 0.25) is 0 Å². The van der Waals surface area contributed by atoms with Crippen LogP contribution >= 0.6 is 12.2 Å². The first-order chi connectivity index (χ1) is 14.6. The molecule has 2 atom stereocenters. The van der Waals surface area contributed by atoms with Crippen LogP contribution in [0.5, 0.6) is 0 Å². The van der Waals surface area contributed by atoms with Crippen molar-refractivity contribution in [3.8, 4) is 11.3 Å². The second-order valence-corrected chi connectivity index (χ2v) is 7.64. The van der Waals surface area contributed by atoms with Gasteiger partial charge >= 0.3 is 5.97 Å². The Hall–Kier alpha value is -3.19. The highest BCUT2D eigenvalue weighted by Gasteiger charge is 2.41. The van der Waals surface area contributed by atoms with E-state index in [0.29, 0.717) is 10.9 Å². The molecular weight excluding hydrogens is 398 g/mol. The molecule has 154 valence electrons. The van der Waals surface area contributed by atoms with Crippen LogP contribution in [-0.2, 0) is 0 Å². The van der Waals surface area contributed by atoms with Gasteiger partial charge in [0.25, 0.3) is 0 Å². The van der Waals surface area contributed by atoms with Gasteiger partial charge in [0.15, 0.2) is 5.11 Å². The van der Waals surface area contributed by atoms with Crippen molar-refractivity contribution in [1.29, 1.82) is 0 Å². The number of thiocarbonyl (C=S) groups is 1. The number of aromatic nitrogens is 1. The predicted molar refractivity (Wildman–Crippen MR) is 118 cm³/mol. The molecule has 4 rings (SSSR count). The summed E-state index contributed by atoms with van der Waals surface area (Å²) >= 11 is 5.64. The molecule has 3 heterocycles. The number of unbranched alkanes of at least 4 members (excludes halogenated alkanes) is 1. The highest BCUT2D eigenvalue weighted by molar-refractivity contribution is 7.80. The standard InChI is InChI=1S/C23H23N3O3S/c1-2-3-14-26-21(20(25-23(26)30)17-6-4-5-13-24-17)19-12-11-18(29-19)15-7-9-16(10-8-15)22(27)28/h4-13,20-21H,2-3,14H2,1H3,(H,25,30)(H,27,28)/t20-,21-/m1/s1. The molecule has 1 aliphatic rings. The molecule has 0 spiro atoms. The van der Waals surface area contributed by atoms with Crippen LogP contribution in [0.2, 0.25) is 0 Å². The molecule has 0 saturated carbocycles. The molecule has 1 aromatic carbocycles. The molecule has 1 fully saturated rings. The van der Waals surface area contributed by atoms with Crippen LogP contribution in [0.15, 0.2) is 65.2 Å². The normalized spacial score (nSPS) is 18.4. The average molecular weight is 422 g/mol. The van der Waals surface area contributed by atoms with Gasteiger partial charge in [0, 0.05) is 18.3 Å². The molecule has 3 aromatic rings. The minimum Gasteiger partial charge on any atom is -0.478 e. The Bertz CT molecular complexity index is 1030. The Labute approximate surface area is 180 Å². The van der Waals surface area contributed by atoms with Crippen molar-refractivity contribution in [2.24, 2.45) is 0 Å². The fourth-order valence-corrected chi connectivity index (χ4v) is 4.06. The molecule has 30 heavy (non-hydrogen) atoms. The van der Waals surface area contributed by atoms with Gasteiger partial charge < -0.3 is 19.7 Å². The Kier molecular flexibility index (Phi) is 5.81. The third kappa shape index (κ3) is 3.93. The Morgan fingerprint density at radius 2 is 2.00 bits per heavy atom. The van der Waals surface area contributed by atoms with Crippen molar-refractivity contribution in [1.82, 2.24) is 15.2 Å². The Morgan fingerprint density at radius 1 is 1.20 bits per heavy atom. The van der Waals surface area contributed by atoms with E-state index >= 15 is 0 Å². The fraction of sp³-hybridized carbons (Fsp3) is 0.261. The zero-order chi connectivity index (χ0) is 21.1. The molecule has 2 aromatic heterocycles. The fourth-order valence-electron chi connectivity index (χ4n) is 3.73. The van der Waals surface area contributed by atoms with E-state index in [0.717, 1.165) is 36.4 Å². The van der Waals surface area contributed by atoms with Gasteiger partial charge in [-0.3, -0.25) is 4.98 Å². The van der Waals surface area contributed by atoms with Crippen LogP contribution in [0.4, 0.5) is 0 Å². The van der Waals surface area contributed by atoms with E-state index in [4.69, 9.17) is 21.7 Å². The van der Waals surface area contributed by atoms with Gasteiger partial charge in [0.05, 0.1) is 17.3 Å². The lowest BCUT2D eigenvalue weighted by Gasteiger charge is -2.25. The van der Waals surface area contributed by atoms with E-state index < -0.39 is 5.97 Å². The van der Waals surface area contributed by atoms with Crippen LogP contribution in [-0.4, -0.2) is 32.6 Å². The summed E-state index contributed by atoms with van der Waals surface area (Å²) < 4.78 is 6.25. The van der Waals surface area contributed by atoms with Crippen LogP contribution in [0, 0.1) is 0 Å². The minimum atomic E-state index is -0.947. The quantitative estimate of drug-likeness (QED) is 0.530. The summed E-state index contributed by atoms with van der Waals surface area (Å²) in [5, 5.41) is 13.2. The minimum absolute atomic E-state index is 0.106. The lowest BCUT2D eigenvalue weighted by Crippen LogP contribution is -2.30. The maximum atomic E-state index is 11.1. The number of carboxylic acids is 1. The van der Waals surface area contributed by atoms with Gasteiger partial charge in [0.1, 0.15) is 17.6 Å². The topological polar surface area (TPSA) is 78.6 Å².